The summed E-state index contributed by atoms with van der Waals surface area (Å²) < 4.78 is 5.39. The molecule has 2 heterocycles. The van der Waals surface area contributed by atoms with Gasteiger partial charge < -0.3 is 30.8 Å². The minimum Gasteiger partial charge on any atom is -0.480 e. The Bertz CT molecular complexity index is 1360. The molecule has 1 aliphatic heterocycles. The van der Waals surface area contributed by atoms with Gasteiger partial charge in [-0.05, 0) is 41.8 Å². The molecule has 3 aromatic rings. The molecule has 10 nitrogen and oxygen atoms in total. The number of carbonyl (C=O) groups is 3. The van der Waals surface area contributed by atoms with Crippen LogP contribution in [0, 0.1) is 5.41 Å². The first-order chi connectivity index (χ1) is 16.7. The predicted octanol–water partition coefficient (Wildman–Crippen LogP) is 2.60. The summed E-state index contributed by atoms with van der Waals surface area (Å²) in [5.41, 5.74) is 7.61. The van der Waals surface area contributed by atoms with Crippen LogP contribution >= 0.6 is 23.2 Å². The second kappa shape index (κ2) is 9.85. The number of nitrogens with two attached hydrogens (primary N) is 1. The maximum Gasteiger partial charge on any atom is 0.328 e. The van der Waals surface area contributed by atoms with Crippen molar-refractivity contribution in [1.29, 1.82) is 5.41 Å². The molecule has 0 fully saturated rings. The van der Waals surface area contributed by atoms with E-state index in [0.29, 0.717) is 35.2 Å². The van der Waals surface area contributed by atoms with Crippen molar-refractivity contribution in [3.8, 4) is 0 Å². The SMILES string of the molecule is N=C(N)NC[C@H](NC(=O)c1c(Cl)cc2c(c1Cl)CCN(C(=O)c1ccc3ccoc3c1)C2)C(=O)O. The first-order valence-corrected chi connectivity index (χ1v) is 11.3. The van der Waals surface area contributed by atoms with E-state index in [4.69, 9.17) is 38.8 Å². The largest absolute Gasteiger partial charge is 0.480 e. The molecule has 0 radical (unpaired) electrons. The third-order valence-electron chi connectivity index (χ3n) is 5.72. The maximum absolute atomic E-state index is 13.1. The number of rotatable bonds is 6. The van der Waals surface area contributed by atoms with E-state index in [1.54, 1.807) is 29.4 Å². The van der Waals surface area contributed by atoms with Crippen LogP contribution in [0.25, 0.3) is 11.0 Å². The highest BCUT2D eigenvalue weighted by Crippen LogP contribution is 2.35. The number of furan rings is 1. The maximum atomic E-state index is 13.1. The van der Waals surface area contributed by atoms with Crippen molar-refractivity contribution >= 4 is 57.9 Å². The van der Waals surface area contributed by atoms with Gasteiger partial charge >= 0.3 is 5.97 Å². The molecule has 2 aromatic carbocycles. The van der Waals surface area contributed by atoms with Crippen LogP contribution in [-0.4, -0.2) is 52.9 Å². The molecule has 6 N–H and O–H groups in total. The highest BCUT2D eigenvalue weighted by atomic mass is 35.5. The zero-order valence-electron chi connectivity index (χ0n) is 18.2. The molecule has 1 aliphatic rings. The first-order valence-electron chi connectivity index (χ1n) is 10.5. The minimum absolute atomic E-state index is 0.0289. The summed E-state index contributed by atoms with van der Waals surface area (Å²) in [5.74, 6) is -2.70. The van der Waals surface area contributed by atoms with Crippen molar-refractivity contribution in [1.82, 2.24) is 15.5 Å². The van der Waals surface area contributed by atoms with Gasteiger partial charge in [-0.3, -0.25) is 15.0 Å². The fourth-order valence-electron chi connectivity index (χ4n) is 3.95. The molecular weight excluding hydrogens is 497 g/mol. The Morgan fingerprint density at radius 2 is 2.00 bits per heavy atom. The molecule has 1 atom stereocenters. The van der Waals surface area contributed by atoms with Gasteiger partial charge in [-0.25, -0.2) is 4.79 Å². The Labute approximate surface area is 209 Å². The number of fused-ring (bicyclic) bond motifs is 2. The molecule has 0 aliphatic carbocycles. The van der Waals surface area contributed by atoms with Gasteiger partial charge in [-0.1, -0.05) is 29.3 Å². The van der Waals surface area contributed by atoms with E-state index in [1.807, 2.05) is 12.1 Å². The molecule has 0 spiro atoms. The van der Waals surface area contributed by atoms with Gasteiger partial charge in [0.25, 0.3) is 11.8 Å². The molecule has 1 aromatic heterocycles. The summed E-state index contributed by atoms with van der Waals surface area (Å²) in [6, 6.07) is 7.27. The summed E-state index contributed by atoms with van der Waals surface area (Å²) >= 11 is 12.9. The van der Waals surface area contributed by atoms with Gasteiger partial charge in [-0.15, -0.1) is 0 Å². The number of halogens is 2. The standard InChI is InChI=1S/C23H21Cl2N5O5/c24-15-7-13-10-30(21(32)12-2-1-11-4-6-35-17(11)8-12)5-3-14(13)19(25)18(15)20(31)29-16(22(33)34)9-28-23(26)27/h1-2,4,6-8,16H,3,5,9-10H2,(H,29,31)(H,33,34)(H4,26,27,28)/t16-/m0/s1. The van der Waals surface area contributed by atoms with Crippen LogP contribution in [0.2, 0.25) is 10.0 Å². The number of amides is 2. The van der Waals surface area contributed by atoms with Gasteiger partial charge in [-0.2, -0.15) is 0 Å². The highest BCUT2D eigenvalue weighted by molar-refractivity contribution is 6.40. The Morgan fingerprint density at radius 1 is 1.23 bits per heavy atom. The van der Waals surface area contributed by atoms with Crippen molar-refractivity contribution in [2.75, 3.05) is 13.1 Å². The van der Waals surface area contributed by atoms with E-state index in [9.17, 15) is 19.5 Å². The van der Waals surface area contributed by atoms with E-state index in [2.05, 4.69) is 10.6 Å². The van der Waals surface area contributed by atoms with Gasteiger partial charge in [0.15, 0.2) is 5.96 Å². The number of carboxylic acid groups (broad SMARTS) is 1. The Kier molecular flexibility index (Phi) is 6.86. The van der Waals surface area contributed by atoms with Crippen LogP contribution in [0.15, 0.2) is 41.0 Å². The normalized spacial score (nSPS) is 13.7. The van der Waals surface area contributed by atoms with Crippen LogP contribution in [0.1, 0.15) is 31.8 Å². The molecular formula is C23H21Cl2N5O5. The number of nitrogens with one attached hydrogen (secondary N) is 3. The van der Waals surface area contributed by atoms with E-state index in [1.165, 1.54) is 0 Å². The summed E-state index contributed by atoms with van der Waals surface area (Å²) in [6.07, 6.45) is 1.95. The number of nitrogens with zero attached hydrogens (tertiary/aromatic N) is 1. The number of carboxylic acids is 1. The first kappa shape index (κ1) is 24.4. The second-order valence-electron chi connectivity index (χ2n) is 7.99. The molecule has 35 heavy (non-hydrogen) atoms. The predicted molar refractivity (Wildman–Crippen MR) is 130 cm³/mol. The quantitative estimate of drug-likeness (QED) is 0.248. The van der Waals surface area contributed by atoms with Crippen LogP contribution in [0.4, 0.5) is 0 Å². The zero-order valence-corrected chi connectivity index (χ0v) is 19.7. The molecule has 0 bridgehead atoms. The smallest absolute Gasteiger partial charge is 0.328 e. The third kappa shape index (κ3) is 5.03. The Morgan fingerprint density at radius 3 is 2.71 bits per heavy atom. The van der Waals surface area contributed by atoms with Crippen LogP contribution < -0.4 is 16.4 Å². The van der Waals surface area contributed by atoms with Crippen molar-refractivity contribution in [3.05, 3.63) is 68.9 Å². The molecule has 0 saturated carbocycles. The van der Waals surface area contributed by atoms with Crippen LogP contribution in [0.5, 0.6) is 0 Å². The molecule has 4 rings (SSSR count). The molecule has 0 saturated heterocycles. The second-order valence-corrected chi connectivity index (χ2v) is 8.78. The van der Waals surface area contributed by atoms with E-state index >= 15 is 0 Å². The lowest BCUT2D eigenvalue weighted by Gasteiger charge is -2.30. The number of hydrogen-bond acceptors (Lipinski definition) is 5. The van der Waals surface area contributed by atoms with Crippen molar-refractivity contribution in [3.63, 3.8) is 0 Å². The van der Waals surface area contributed by atoms with Crippen LogP contribution in [-0.2, 0) is 17.8 Å². The molecule has 0 unspecified atom stereocenters. The number of benzene rings is 2. The fourth-order valence-corrected chi connectivity index (χ4v) is 4.71. The van der Waals surface area contributed by atoms with E-state index in [-0.39, 0.29) is 34.6 Å². The van der Waals surface area contributed by atoms with Gasteiger partial charge in [0.2, 0.25) is 0 Å². The molecule has 2 amide bonds. The molecule has 182 valence electrons. The minimum atomic E-state index is -1.37. The Hall–Kier alpha value is -3.76. The monoisotopic (exact) mass is 517 g/mol. The fraction of sp³-hybridized carbons (Fsp3) is 0.217. The number of guanidine groups is 1. The average molecular weight is 518 g/mol. The molecule has 12 heteroatoms. The van der Waals surface area contributed by atoms with Crippen molar-refractivity contribution in [2.45, 2.75) is 19.0 Å². The van der Waals surface area contributed by atoms with Gasteiger partial charge in [0.05, 0.1) is 21.9 Å². The van der Waals surface area contributed by atoms with E-state index in [0.717, 1.165) is 5.39 Å². The lowest BCUT2D eigenvalue weighted by molar-refractivity contribution is -0.139. The number of aliphatic carboxylic acids is 1. The summed E-state index contributed by atoms with van der Waals surface area (Å²) in [4.78, 5) is 39.1. The summed E-state index contributed by atoms with van der Waals surface area (Å²) in [6.45, 7) is 0.314. The van der Waals surface area contributed by atoms with Crippen LogP contribution in [0.3, 0.4) is 0 Å². The van der Waals surface area contributed by atoms with E-state index < -0.39 is 23.9 Å². The van der Waals surface area contributed by atoms with Gasteiger partial charge in [0.1, 0.15) is 11.6 Å². The van der Waals surface area contributed by atoms with Crippen molar-refractivity contribution < 1.29 is 23.9 Å². The lowest BCUT2D eigenvalue weighted by Crippen LogP contribution is -2.49. The third-order valence-corrected chi connectivity index (χ3v) is 6.44. The number of carbonyl (C=O) groups excluding carboxylic acids is 2. The highest BCUT2D eigenvalue weighted by Gasteiger charge is 2.29. The Balaban J connectivity index is 1.54. The average Bonchev–Trinajstić information content (AvgIpc) is 3.28. The topological polar surface area (TPSA) is 162 Å². The lowest BCUT2D eigenvalue weighted by atomic mass is 9.96. The summed E-state index contributed by atoms with van der Waals surface area (Å²) in [5, 5.41) is 22.3. The zero-order chi connectivity index (χ0) is 25.3. The summed E-state index contributed by atoms with van der Waals surface area (Å²) in [7, 11) is 0. The number of hydrogen-bond donors (Lipinski definition) is 5. The van der Waals surface area contributed by atoms with Crippen molar-refractivity contribution in [2.24, 2.45) is 5.73 Å². The van der Waals surface area contributed by atoms with Gasteiger partial charge in [0, 0.05) is 30.6 Å².